The van der Waals surface area contributed by atoms with Crippen LogP contribution in [-0.4, -0.2) is 21.9 Å². The first-order valence-corrected chi connectivity index (χ1v) is 9.47. The molecule has 0 bridgehead atoms. The fourth-order valence-corrected chi connectivity index (χ4v) is 3.77. The van der Waals surface area contributed by atoms with Gasteiger partial charge >= 0.3 is 0 Å². The maximum atomic E-state index is 13.2. The molecule has 0 spiro atoms. The molecule has 0 radical (unpaired) electrons. The topological polar surface area (TPSA) is 77.8 Å². The Balaban J connectivity index is 1.69. The molecule has 0 saturated carbocycles. The number of carbonyl (C=O) groups is 2. The van der Waals surface area contributed by atoms with Gasteiger partial charge in [-0.25, -0.2) is 0 Å². The Hall–Kier alpha value is -3.15. The van der Waals surface area contributed by atoms with Gasteiger partial charge in [-0.2, -0.15) is 0 Å². The molecular weight excluding hydrogens is 390 g/mol. The Morgan fingerprint density at radius 1 is 0.966 bits per heavy atom. The number of Topliss-reactive ketones (excluding diaryl/α,β-unsaturated/α-hetero) is 1. The number of ketones is 1. The third-order valence-electron chi connectivity index (χ3n) is 5.11. The van der Waals surface area contributed by atoms with E-state index in [0.29, 0.717) is 16.3 Å². The number of rotatable bonds is 5. The van der Waals surface area contributed by atoms with E-state index in [4.69, 9.17) is 11.6 Å². The highest BCUT2D eigenvalue weighted by molar-refractivity contribution is 6.30. The van der Waals surface area contributed by atoms with Gasteiger partial charge in [0.1, 0.15) is 5.75 Å². The van der Waals surface area contributed by atoms with Crippen LogP contribution in [0.15, 0.2) is 72.8 Å². The van der Waals surface area contributed by atoms with E-state index < -0.39 is 23.7 Å². The van der Waals surface area contributed by atoms with Crippen molar-refractivity contribution in [2.24, 2.45) is 0 Å². The fourth-order valence-electron chi connectivity index (χ4n) is 3.64. The van der Waals surface area contributed by atoms with Crippen molar-refractivity contribution < 1.29 is 19.8 Å². The number of halogens is 1. The molecule has 0 aromatic heterocycles. The zero-order valence-electron chi connectivity index (χ0n) is 15.4. The number of amides is 1. The maximum Gasteiger partial charge on any atom is 0.264 e. The van der Waals surface area contributed by atoms with Crippen LogP contribution in [0.4, 0.5) is 5.69 Å². The first-order valence-electron chi connectivity index (χ1n) is 9.09. The first kappa shape index (κ1) is 19.2. The lowest BCUT2D eigenvalue weighted by atomic mass is 9.88. The van der Waals surface area contributed by atoms with Gasteiger partial charge in [-0.05, 0) is 35.9 Å². The summed E-state index contributed by atoms with van der Waals surface area (Å²) in [5.74, 6) is -1.27. The molecule has 1 aliphatic rings. The Bertz CT molecular complexity index is 1100. The van der Waals surface area contributed by atoms with Crippen LogP contribution in [0, 0.1) is 0 Å². The van der Waals surface area contributed by atoms with E-state index in [1.54, 1.807) is 48.5 Å². The highest BCUT2D eigenvalue weighted by Gasteiger charge is 2.50. The summed E-state index contributed by atoms with van der Waals surface area (Å²) in [5, 5.41) is 21.9. The average Bonchev–Trinajstić information content (AvgIpc) is 2.92. The minimum Gasteiger partial charge on any atom is -0.507 e. The third-order valence-corrected chi connectivity index (χ3v) is 5.37. The molecule has 3 aromatic carbocycles. The zero-order chi connectivity index (χ0) is 20.6. The summed E-state index contributed by atoms with van der Waals surface area (Å²) in [6.07, 6.45) is -0.461. The standard InChI is InChI=1S/C23H18ClNO4/c24-16-11-9-15(10-12-16)14-25-19-7-3-2-6-18(19)23(29,22(25)28)13-21(27)17-5-1-4-8-20(17)26/h1-12,26,29H,13-14H2/t23-/m0/s1. The summed E-state index contributed by atoms with van der Waals surface area (Å²) in [5.41, 5.74) is -0.151. The van der Waals surface area contributed by atoms with E-state index in [1.165, 1.54) is 17.0 Å². The molecule has 146 valence electrons. The van der Waals surface area contributed by atoms with Crippen LogP contribution in [0.1, 0.15) is 27.9 Å². The molecule has 5 nitrogen and oxygen atoms in total. The van der Waals surface area contributed by atoms with Crippen molar-refractivity contribution >= 4 is 29.0 Å². The van der Waals surface area contributed by atoms with Gasteiger partial charge in [0.2, 0.25) is 0 Å². The Kier molecular flexibility index (Phi) is 4.86. The molecule has 0 fully saturated rings. The number of para-hydroxylation sites is 2. The van der Waals surface area contributed by atoms with Crippen molar-refractivity contribution in [2.45, 2.75) is 18.6 Å². The number of phenols is 1. The van der Waals surface area contributed by atoms with E-state index in [0.717, 1.165) is 5.56 Å². The lowest BCUT2D eigenvalue weighted by Gasteiger charge is -2.23. The first-order chi connectivity index (χ1) is 13.9. The van der Waals surface area contributed by atoms with Crippen LogP contribution in [0.3, 0.4) is 0 Å². The Morgan fingerprint density at radius 2 is 1.62 bits per heavy atom. The lowest BCUT2D eigenvalue weighted by molar-refractivity contribution is -0.136. The van der Waals surface area contributed by atoms with E-state index in [-0.39, 0.29) is 17.9 Å². The Morgan fingerprint density at radius 3 is 2.34 bits per heavy atom. The smallest absolute Gasteiger partial charge is 0.264 e. The van der Waals surface area contributed by atoms with E-state index in [2.05, 4.69) is 0 Å². The molecule has 29 heavy (non-hydrogen) atoms. The van der Waals surface area contributed by atoms with Crippen LogP contribution in [0.2, 0.25) is 5.02 Å². The maximum absolute atomic E-state index is 13.2. The zero-order valence-corrected chi connectivity index (χ0v) is 16.1. The van der Waals surface area contributed by atoms with Crippen molar-refractivity contribution in [1.82, 2.24) is 0 Å². The van der Waals surface area contributed by atoms with Gasteiger partial charge in [-0.15, -0.1) is 0 Å². The number of aliphatic hydroxyl groups is 1. The number of hydrogen-bond acceptors (Lipinski definition) is 4. The molecule has 2 N–H and O–H groups in total. The van der Waals surface area contributed by atoms with Crippen molar-refractivity contribution in [3.8, 4) is 5.75 Å². The number of benzene rings is 3. The monoisotopic (exact) mass is 407 g/mol. The molecule has 1 aliphatic heterocycles. The minimum absolute atomic E-state index is 0.0716. The van der Waals surface area contributed by atoms with E-state index >= 15 is 0 Å². The molecule has 1 amide bonds. The normalized spacial score (nSPS) is 18.0. The van der Waals surface area contributed by atoms with Gasteiger partial charge in [0.15, 0.2) is 11.4 Å². The van der Waals surface area contributed by atoms with Crippen LogP contribution in [-0.2, 0) is 16.9 Å². The second-order valence-electron chi connectivity index (χ2n) is 7.01. The number of carbonyl (C=O) groups excluding carboxylic acids is 2. The van der Waals surface area contributed by atoms with Gasteiger partial charge < -0.3 is 15.1 Å². The highest BCUT2D eigenvalue weighted by atomic mass is 35.5. The second kappa shape index (κ2) is 7.35. The summed E-state index contributed by atoms with van der Waals surface area (Å²) in [4.78, 5) is 27.5. The Labute approximate surface area is 172 Å². The molecule has 1 atom stereocenters. The summed E-state index contributed by atoms with van der Waals surface area (Å²) in [6, 6.07) is 20.1. The van der Waals surface area contributed by atoms with E-state index in [9.17, 15) is 19.8 Å². The molecule has 0 aliphatic carbocycles. The molecule has 6 heteroatoms. The minimum atomic E-state index is -2.00. The average molecular weight is 408 g/mol. The summed E-state index contributed by atoms with van der Waals surface area (Å²) in [6.45, 7) is 0.236. The van der Waals surface area contributed by atoms with Crippen molar-refractivity contribution in [2.75, 3.05) is 4.90 Å². The SMILES string of the molecule is O=C(C[C@@]1(O)C(=O)N(Cc2ccc(Cl)cc2)c2ccccc21)c1ccccc1O. The van der Waals surface area contributed by atoms with Gasteiger partial charge in [0.25, 0.3) is 5.91 Å². The fraction of sp³-hybridized carbons (Fsp3) is 0.130. The van der Waals surface area contributed by atoms with E-state index in [1.807, 2.05) is 12.1 Å². The quantitative estimate of drug-likeness (QED) is 0.625. The number of aromatic hydroxyl groups is 1. The molecule has 4 rings (SSSR count). The largest absolute Gasteiger partial charge is 0.507 e. The number of nitrogens with zero attached hydrogens (tertiary/aromatic N) is 1. The van der Waals surface area contributed by atoms with Crippen molar-refractivity contribution in [3.05, 3.63) is 94.5 Å². The third kappa shape index (κ3) is 3.39. The predicted molar refractivity (Wildman–Crippen MR) is 110 cm³/mol. The van der Waals surface area contributed by atoms with Crippen LogP contribution in [0.5, 0.6) is 5.75 Å². The number of hydrogen-bond donors (Lipinski definition) is 2. The highest BCUT2D eigenvalue weighted by Crippen LogP contribution is 2.43. The van der Waals surface area contributed by atoms with Gasteiger partial charge in [0.05, 0.1) is 24.2 Å². The lowest BCUT2D eigenvalue weighted by Crippen LogP contribution is -2.41. The van der Waals surface area contributed by atoms with Crippen LogP contribution >= 0.6 is 11.6 Å². The van der Waals surface area contributed by atoms with Crippen molar-refractivity contribution in [1.29, 1.82) is 0 Å². The van der Waals surface area contributed by atoms with Crippen molar-refractivity contribution in [3.63, 3.8) is 0 Å². The predicted octanol–water partition coefficient (Wildman–Crippen LogP) is 4.05. The summed E-state index contributed by atoms with van der Waals surface area (Å²) < 4.78 is 0. The molecular formula is C23H18ClNO4. The number of fused-ring (bicyclic) bond motifs is 1. The second-order valence-corrected chi connectivity index (χ2v) is 7.45. The van der Waals surface area contributed by atoms with Gasteiger partial charge in [-0.3, -0.25) is 9.59 Å². The molecule has 0 unspecified atom stereocenters. The van der Waals surface area contributed by atoms with Gasteiger partial charge in [0, 0.05) is 10.6 Å². The summed E-state index contributed by atoms with van der Waals surface area (Å²) in [7, 11) is 0. The molecule has 1 heterocycles. The molecule has 0 saturated heterocycles. The van der Waals surface area contributed by atoms with Crippen LogP contribution < -0.4 is 4.90 Å². The number of anilines is 1. The van der Waals surface area contributed by atoms with Gasteiger partial charge in [-0.1, -0.05) is 54.1 Å². The number of phenolic OH excluding ortho intramolecular Hbond substituents is 1. The molecule has 3 aromatic rings. The van der Waals surface area contributed by atoms with Crippen LogP contribution in [0.25, 0.3) is 0 Å². The summed E-state index contributed by atoms with van der Waals surface area (Å²) >= 11 is 5.93.